The van der Waals surface area contributed by atoms with Gasteiger partial charge in [-0.3, -0.25) is 0 Å². The van der Waals surface area contributed by atoms with Crippen LogP contribution in [0.25, 0.3) is 0 Å². The molecular weight excluding hydrogens is 218 g/mol. The Balaban J connectivity index is 2.21. The Bertz CT molecular complexity index is 295. The number of benzene rings is 1. The summed E-state index contributed by atoms with van der Waals surface area (Å²) in [5.41, 5.74) is 1.32. The fourth-order valence-electron chi connectivity index (χ4n) is 1.57. The van der Waals surface area contributed by atoms with Gasteiger partial charge >= 0.3 is 0 Å². The van der Waals surface area contributed by atoms with Gasteiger partial charge in [-0.15, -0.1) is 0 Å². The van der Waals surface area contributed by atoms with Gasteiger partial charge in [-0.1, -0.05) is 30.3 Å². The van der Waals surface area contributed by atoms with Gasteiger partial charge in [0.2, 0.25) is 0 Å². The fraction of sp³-hybridized carbons (Fsp3) is 0.538. The van der Waals surface area contributed by atoms with E-state index in [0.29, 0.717) is 0 Å². The predicted molar refractivity (Wildman–Crippen MR) is 71.5 cm³/mol. The van der Waals surface area contributed by atoms with Crippen LogP contribution in [0.1, 0.15) is 5.56 Å². The van der Waals surface area contributed by atoms with Gasteiger partial charge in [0, 0.05) is 11.5 Å². The van der Waals surface area contributed by atoms with Crippen molar-refractivity contribution >= 4 is 11.8 Å². The summed E-state index contributed by atoms with van der Waals surface area (Å²) in [5.74, 6) is 1.79. The fourth-order valence-corrected chi connectivity index (χ4v) is 2.50. The molecule has 0 saturated carbocycles. The lowest BCUT2D eigenvalue weighted by atomic mass is 10.2. The largest absolute Gasteiger partial charge is 0.386 e. The number of hydrogen-bond donors (Lipinski definition) is 1. The third-order valence-corrected chi connectivity index (χ3v) is 3.34. The van der Waals surface area contributed by atoms with E-state index in [0.717, 1.165) is 22.5 Å². The lowest BCUT2D eigenvalue weighted by Crippen LogP contribution is -2.42. The third kappa shape index (κ3) is 6.16. The second-order valence-electron chi connectivity index (χ2n) is 5.13. The van der Waals surface area contributed by atoms with E-state index in [4.69, 9.17) is 0 Å². The van der Waals surface area contributed by atoms with Crippen LogP contribution in [0.2, 0.25) is 0 Å². The number of rotatable bonds is 6. The summed E-state index contributed by atoms with van der Waals surface area (Å²) < 4.78 is 0.813. The third-order valence-electron chi connectivity index (χ3n) is 2.18. The summed E-state index contributed by atoms with van der Waals surface area (Å²) in [4.78, 5) is 0. The maximum atomic E-state index is 9.83. The Morgan fingerprint density at radius 2 is 1.81 bits per heavy atom. The van der Waals surface area contributed by atoms with Crippen molar-refractivity contribution in [2.75, 3.05) is 33.4 Å². The predicted octanol–water partition coefficient (Wildman–Crippen LogP) is 1.99. The van der Waals surface area contributed by atoms with Gasteiger partial charge < -0.3 is 9.59 Å². The van der Waals surface area contributed by atoms with Crippen molar-refractivity contribution in [3.63, 3.8) is 0 Å². The highest BCUT2D eigenvalue weighted by Crippen LogP contribution is 2.13. The van der Waals surface area contributed by atoms with Crippen LogP contribution in [0.15, 0.2) is 30.3 Å². The smallest absolute Gasteiger partial charge is 0.112 e. The van der Waals surface area contributed by atoms with E-state index in [1.807, 2.05) is 6.07 Å². The number of hydrogen-bond acceptors (Lipinski definition) is 2. The molecule has 0 saturated heterocycles. The minimum atomic E-state index is -0.214. The highest BCUT2D eigenvalue weighted by atomic mass is 32.2. The molecule has 1 rings (SSSR count). The summed E-state index contributed by atoms with van der Waals surface area (Å²) in [5, 5.41) is 9.83. The Labute approximate surface area is 103 Å². The molecule has 90 valence electrons. The summed E-state index contributed by atoms with van der Waals surface area (Å²) in [6, 6.07) is 10.4. The van der Waals surface area contributed by atoms with Crippen molar-refractivity contribution in [2.24, 2.45) is 0 Å². The number of likely N-dealkylation sites (N-methyl/N-ethyl adjacent to an activating group) is 1. The number of aliphatic hydroxyl groups is 1. The lowest BCUT2D eigenvalue weighted by Gasteiger charge is -2.26. The van der Waals surface area contributed by atoms with Crippen molar-refractivity contribution in [3.8, 4) is 0 Å². The second-order valence-corrected chi connectivity index (χ2v) is 6.16. The van der Waals surface area contributed by atoms with Gasteiger partial charge in [-0.2, -0.15) is 11.8 Å². The molecule has 2 nitrogen and oxygen atoms in total. The molecule has 0 aliphatic carbocycles. The Hall–Kier alpha value is -0.510. The quantitative estimate of drug-likeness (QED) is 0.767. The minimum Gasteiger partial charge on any atom is -0.386 e. The molecule has 1 aromatic carbocycles. The van der Waals surface area contributed by atoms with Crippen LogP contribution in [0, 0.1) is 0 Å². The van der Waals surface area contributed by atoms with E-state index in [-0.39, 0.29) is 6.10 Å². The molecule has 0 bridgehead atoms. The van der Waals surface area contributed by atoms with Crippen LogP contribution in [0.3, 0.4) is 0 Å². The standard InChI is InChI=1S/C13H22NOS/c1-14(2,3)9-13(15)11-16-10-12-7-5-4-6-8-12/h4-8,13,15H,9-11H2,1-3H3/q+1/t13-/m0/s1. The maximum Gasteiger partial charge on any atom is 0.112 e. The van der Waals surface area contributed by atoms with E-state index in [2.05, 4.69) is 45.4 Å². The second kappa shape index (κ2) is 6.28. The summed E-state index contributed by atoms with van der Waals surface area (Å²) in [6.07, 6.45) is -0.214. The van der Waals surface area contributed by atoms with Crippen LogP contribution in [0.5, 0.6) is 0 Å². The summed E-state index contributed by atoms with van der Waals surface area (Å²) in [6.45, 7) is 0.807. The lowest BCUT2D eigenvalue weighted by molar-refractivity contribution is -0.873. The molecule has 3 heteroatoms. The number of quaternary nitrogens is 1. The Kier molecular flexibility index (Phi) is 5.32. The average molecular weight is 240 g/mol. The van der Waals surface area contributed by atoms with Crippen molar-refractivity contribution in [1.29, 1.82) is 0 Å². The highest BCUT2D eigenvalue weighted by molar-refractivity contribution is 7.98. The number of nitrogens with zero attached hydrogens (tertiary/aromatic N) is 1. The minimum absolute atomic E-state index is 0.214. The highest BCUT2D eigenvalue weighted by Gasteiger charge is 2.14. The summed E-state index contributed by atoms with van der Waals surface area (Å²) >= 11 is 1.80. The van der Waals surface area contributed by atoms with Crippen molar-refractivity contribution in [3.05, 3.63) is 35.9 Å². The molecule has 0 unspecified atom stereocenters. The van der Waals surface area contributed by atoms with Crippen LogP contribution in [-0.2, 0) is 5.75 Å². The first-order chi connectivity index (χ1) is 7.47. The number of aliphatic hydroxyl groups excluding tert-OH is 1. The number of thioether (sulfide) groups is 1. The van der Waals surface area contributed by atoms with Gasteiger partial charge in [0.25, 0.3) is 0 Å². The van der Waals surface area contributed by atoms with Crippen molar-refractivity contribution < 1.29 is 9.59 Å². The topological polar surface area (TPSA) is 20.2 Å². The summed E-state index contributed by atoms with van der Waals surface area (Å²) in [7, 11) is 6.31. The molecule has 0 amide bonds. The van der Waals surface area contributed by atoms with Gasteiger partial charge in [-0.05, 0) is 5.56 Å². The zero-order chi connectivity index (χ0) is 12.0. The molecule has 16 heavy (non-hydrogen) atoms. The van der Waals surface area contributed by atoms with Crippen LogP contribution < -0.4 is 0 Å². The van der Waals surface area contributed by atoms with Gasteiger partial charge in [0.05, 0.1) is 21.1 Å². The van der Waals surface area contributed by atoms with Gasteiger partial charge in [0.15, 0.2) is 0 Å². The molecule has 0 radical (unpaired) electrons. The molecule has 0 fully saturated rings. The molecule has 1 aromatic rings. The first kappa shape index (κ1) is 13.6. The van der Waals surface area contributed by atoms with E-state index >= 15 is 0 Å². The monoisotopic (exact) mass is 240 g/mol. The molecule has 1 N–H and O–H groups in total. The first-order valence-corrected chi connectivity index (χ1v) is 6.73. The molecular formula is C13H22NOS+. The van der Waals surface area contributed by atoms with E-state index in [1.54, 1.807) is 11.8 Å². The van der Waals surface area contributed by atoms with Gasteiger partial charge in [-0.25, -0.2) is 0 Å². The molecule has 0 aromatic heterocycles. The first-order valence-electron chi connectivity index (χ1n) is 5.57. The van der Waals surface area contributed by atoms with E-state index in [1.165, 1.54) is 5.56 Å². The Morgan fingerprint density at radius 3 is 2.38 bits per heavy atom. The van der Waals surface area contributed by atoms with Crippen molar-refractivity contribution in [1.82, 2.24) is 0 Å². The molecule has 0 heterocycles. The zero-order valence-corrected chi connectivity index (χ0v) is 11.2. The van der Waals surface area contributed by atoms with Crippen LogP contribution in [0.4, 0.5) is 0 Å². The molecule has 0 aliphatic rings. The van der Waals surface area contributed by atoms with Gasteiger partial charge in [0.1, 0.15) is 12.6 Å². The normalized spacial score (nSPS) is 13.8. The van der Waals surface area contributed by atoms with E-state index < -0.39 is 0 Å². The molecule has 1 atom stereocenters. The zero-order valence-electron chi connectivity index (χ0n) is 10.4. The van der Waals surface area contributed by atoms with E-state index in [9.17, 15) is 5.11 Å². The van der Waals surface area contributed by atoms with Crippen LogP contribution in [-0.4, -0.2) is 49.1 Å². The molecule has 0 spiro atoms. The Morgan fingerprint density at radius 1 is 1.19 bits per heavy atom. The van der Waals surface area contributed by atoms with Crippen molar-refractivity contribution in [2.45, 2.75) is 11.9 Å². The molecule has 0 aliphatic heterocycles. The maximum absolute atomic E-state index is 9.83. The van der Waals surface area contributed by atoms with Crippen LogP contribution >= 0.6 is 11.8 Å². The average Bonchev–Trinajstić information content (AvgIpc) is 2.16. The SMILES string of the molecule is C[N+](C)(C)C[C@H](O)CSCc1ccccc1.